The molecule has 0 saturated heterocycles. The number of rotatable bonds is 14. The predicted molar refractivity (Wildman–Crippen MR) is 151 cm³/mol. The fraction of sp³-hybridized carbons (Fsp3) is 0.323. The Bertz CT molecular complexity index is 1220. The largest absolute Gasteiger partial charge is 0.489 e. The average Bonchev–Trinajstić information content (AvgIpc) is 2.94. The van der Waals surface area contributed by atoms with Gasteiger partial charge in [-0.05, 0) is 60.7 Å². The first-order valence-corrected chi connectivity index (χ1v) is 13.5. The number of hydrogen-bond donors (Lipinski definition) is 0. The zero-order valence-electron chi connectivity index (χ0n) is 21.9. The molecular weight excluding hydrogens is 520 g/mol. The van der Waals surface area contributed by atoms with Gasteiger partial charge in [0, 0.05) is 35.5 Å². The summed E-state index contributed by atoms with van der Waals surface area (Å²) in [7, 11) is 4.32. The molecule has 0 N–H and O–H groups in total. The molecule has 0 radical (unpaired) electrons. The minimum absolute atomic E-state index is 0.142. The van der Waals surface area contributed by atoms with Gasteiger partial charge in [0.15, 0.2) is 6.29 Å². The van der Waals surface area contributed by atoms with Crippen LogP contribution in [0.15, 0.2) is 82.6 Å². The molecule has 3 aromatic rings. The van der Waals surface area contributed by atoms with Crippen molar-refractivity contribution < 1.29 is 23.7 Å². The summed E-state index contributed by atoms with van der Waals surface area (Å²) in [6.07, 6.45) is 6.66. The summed E-state index contributed by atoms with van der Waals surface area (Å²) in [5, 5.41) is 0.669. The van der Waals surface area contributed by atoms with Gasteiger partial charge in [-0.1, -0.05) is 65.8 Å². The number of esters is 1. The van der Waals surface area contributed by atoms with Crippen LogP contribution >= 0.6 is 23.4 Å². The van der Waals surface area contributed by atoms with Gasteiger partial charge < -0.3 is 18.9 Å². The highest BCUT2D eigenvalue weighted by molar-refractivity contribution is 7.99. The standard InChI is InChI=1S/C31H33ClO5S/c1-5-18-31(29(33)34-2,30(35-3)36-4)19-10-13-24-16-17-27(21-28(24)32)38-26-15-9-14-25(20-26)37-22-23-11-7-6-8-12-23/h1,6-9,11-12,14-17,20-21,30H,10,13,18-19,22H2,2-4H3. The van der Waals surface area contributed by atoms with Crippen LogP contribution in [0.1, 0.15) is 30.4 Å². The Morgan fingerprint density at radius 2 is 1.74 bits per heavy atom. The number of carbonyl (C=O) groups is 1. The Morgan fingerprint density at radius 3 is 2.39 bits per heavy atom. The lowest BCUT2D eigenvalue weighted by atomic mass is 9.78. The second kappa shape index (κ2) is 14.8. The minimum atomic E-state index is -1.09. The van der Waals surface area contributed by atoms with Crippen LogP contribution in [0, 0.1) is 17.8 Å². The van der Waals surface area contributed by atoms with Gasteiger partial charge in [0.1, 0.15) is 17.8 Å². The van der Waals surface area contributed by atoms with E-state index in [1.165, 1.54) is 21.3 Å². The Morgan fingerprint density at radius 1 is 1.00 bits per heavy atom. The molecule has 38 heavy (non-hydrogen) atoms. The van der Waals surface area contributed by atoms with Crippen molar-refractivity contribution in [2.24, 2.45) is 5.41 Å². The molecule has 7 heteroatoms. The molecule has 0 aromatic heterocycles. The van der Waals surface area contributed by atoms with Crippen molar-refractivity contribution in [1.82, 2.24) is 0 Å². The zero-order valence-corrected chi connectivity index (χ0v) is 23.5. The molecule has 0 saturated carbocycles. The topological polar surface area (TPSA) is 54.0 Å². The number of halogens is 1. The second-order valence-electron chi connectivity index (χ2n) is 8.79. The van der Waals surface area contributed by atoms with Gasteiger partial charge in [-0.3, -0.25) is 4.79 Å². The maximum atomic E-state index is 12.7. The first kappa shape index (κ1) is 29.6. The van der Waals surface area contributed by atoms with Crippen molar-refractivity contribution in [2.75, 3.05) is 21.3 Å². The molecule has 3 aromatic carbocycles. The Kier molecular flexibility index (Phi) is 11.6. The number of ether oxygens (including phenoxy) is 4. The van der Waals surface area contributed by atoms with Crippen molar-refractivity contribution >= 4 is 29.3 Å². The first-order chi connectivity index (χ1) is 18.4. The molecule has 0 spiro atoms. The van der Waals surface area contributed by atoms with Crippen molar-refractivity contribution in [2.45, 2.75) is 48.4 Å². The van der Waals surface area contributed by atoms with Crippen LogP contribution in [0.3, 0.4) is 0 Å². The SMILES string of the molecule is C#CCC(CCCc1ccc(Sc2cccc(OCc3ccccc3)c2)cc1Cl)(C(=O)OC)C(OC)OC. The molecule has 0 aliphatic heterocycles. The molecule has 3 rings (SSSR count). The zero-order chi connectivity index (χ0) is 27.4. The lowest BCUT2D eigenvalue weighted by Crippen LogP contribution is -2.45. The number of benzene rings is 3. The molecule has 0 fully saturated rings. The van der Waals surface area contributed by atoms with E-state index in [1.54, 1.807) is 11.8 Å². The fourth-order valence-corrected chi connectivity index (χ4v) is 5.63. The molecule has 1 atom stereocenters. The summed E-state index contributed by atoms with van der Waals surface area (Å²) >= 11 is 8.27. The van der Waals surface area contributed by atoms with Crippen LogP contribution in [-0.4, -0.2) is 33.6 Å². The van der Waals surface area contributed by atoms with Crippen molar-refractivity contribution in [3.63, 3.8) is 0 Å². The third-order valence-electron chi connectivity index (χ3n) is 6.27. The third kappa shape index (κ3) is 7.78. The van der Waals surface area contributed by atoms with E-state index in [0.717, 1.165) is 26.7 Å². The summed E-state index contributed by atoms with van der Waals surface area (Å²) < 4.78 is 21.9. The fourth-order valence-electron chi connectivity index (χ4n) is 4.39. The van der Waals surface area contributed by atoms with E-state index in [2.05, 4.69) is 5.92 Å². The molecule has 5 nitrogen and oxygen atoms in total. The van der Waals surface area contributed by atoms with E-state index >= 15 is 0 Å². The van der Waals surface area contributed by atoms with Crippen LogP contribution in [0.5, 0.6) is 5.75 Å². The lowest BCUT2D eigenvalue weighted by Gasteiger charge is -2.35. The normalized spacial score (nSPS) is 12.5. The number of hydrogen-bond acceptors (Lipinski definition) is 6. The number of terminal acetylenes is 1. The summed E-state index contributed by atoms with van der Waals surface area (Å²) in [5.74, 6) is 2.95. The van der Waals surface area contributed by atoms with E-state index in [4.69, 9.17) is 37.0 Å². The van der Waals surface area contributed by atoms with Gasteiger partial charge in [-0.15, -0.1) is 12.3 Å². The maximum Gasteiger partial charge on any atom is 0.317 e. The lowest BCUT2D eigenvalue weighted by molar-refractivity contribution is -0.203. The monoisotopic (exact) mass is 552 g/mol. The van der Waals surface area contributed by atoms with Crippen LogP contribution in [-0.2, 0) is 32.0 Å². The third-order valence-corrected chi connectivity index (χ3v) is 7.60. The number of methoxy groups -OCH3 is 3. The van der Waals surface area contributed by atoms with Gasteiger partial charge in [-0.25, -0.2) is 0 Å². The Hall–Kier alpha value is -2.95. The van der Waals surface area contributed by atoms with Crippen LogP contribution in [0.25, 0.3) is 0 Å². The van der Waals surface area contributed by atoms with E-state index < -0.39 is 17.7 Å². The number of carbonyl (C=O) groups excluding carboxylic acids is 1. The molecule has 1 unspecified atom stereocenters. The van der Waals surface area contributed by atoms with Gasteiger partial charge in [0.2, 0.25) is 0 Å². The minimum Gasteiger partial charge on any atom is -0.489 e. The first-order valence-electron chi connectivity index (χ1n) is 12.3. The van der Waals surface area contributed by atoms with Crippen LogP contribution in [0.4, 0.5) is 0 Å². The highest BCUT2D eigenvalue weighted by Crippen LogP contribution is 2.38. The summed E-state index contributed by atoms with van der Waals surface area (Å²) in [6.45, 7) is 0.517. The van der Waals surface area contributed by atoms with Gasteiger partial charge >= 0.3 is 5.97 Å². The van der Waals surface area contributed by atoms with Crippen molar-refractivity contribution in [3.8, 4) is 18.1 Å². The molecule has 0 heterocycles. The highest BCUT2D eigenvalue weighted by Gasteiger charge is 2.47. The van der Waals surface area contributed by atoms with Gasteiger partial charge in [-0.2, -0.15) is 0 Å². The van der Waals surface area contributed by atoms with E-state index in [0.29, 0.717) is 30.9 Å². The Balaban J connectivity index is 1.63. The molecule has 200 valence electrons. The molecular formula is C31H33ClO5S. The molecule has 0 aliphatic carbocycles. The smallest absolute Gasteiger partial charge is 0.317 e. The van der Waals surface area contributed by atoms with E-state index in [-0.39, 0.29) is 6.42 Å². The second-order valence-corrected chi connectivity index (χ2v) is 10.3. The summed E-state index contributed by atoms with van der Waals surface area (Å²) in [4.78, 5) is 14.8. The maximum absolute atomic E-state index is 12.7. The predicted octanol–water partition coefficient (Wildman–Crippen LogP) is 7.19. The van der Waals surface area contributed by atoms with Crippen molar-refractivity contribution in [3.05, 3.63) is 88.9 Å². The molecule has 0 bridgehead atoms. The quantitative estimate of drug-likeness (QED) is 0.120. The van der Waals surface area contributed by atoms with E-state index in [1.807, 2.05) is 72.8 Å². The number of aryl methyl sites for hydroxylation is 1. The average molecular weight is 553 g/mol. The molecule has 0 amide bonds. The van der Waals surface area contributed by atoms with Gasteiger partial charge in [0.25, 0.3) is 0 Å². The van der Waals surface area contributed by atoms with Crippen molar-refractivity contribution in [1.29, 1.82) is 0 Å². The highest BCUT2D eigenvalue weighted by atomic mass is 35.5. The van der Waals surface area contributed by atoms with Crippen LogP contribution in [0.2, 0.25) is 5.02 Å². The molecule has 0 aliphatic rings. The van der Waals surface area contributed by atoms with E-state index in [9.17, 15) is 4.79 Å². The van der Waals surface area contributed by atoms with Crippen LogP contribution < -0.4 is 4.74 Å². The summed E-state index contributed by atoms with van der Waals surface area (Å²) in [6, 6.07) is 24.1. The van der Waals surface area contributed by atoms with Gasteiger partial charge in [0.05, 0.1) is 7.11 Å². The summed E-state index contributed by atoms with van der Waals surface area (Å²) in [5.41, 5.74) is 1.01. The Labute approximate surface area is 234 Å².